The topological polar surface area (TPSA) is 92.9 Å². The number of carboxylic acids is 1. The number of aromatic nitrogens is 4. The van der Waals surface area contributed by atoms with Crippen molar-refractivity contribution in [1.82, 2.24) is 19.7 Å². The second kappa shape index (κ2) is 5.20. The first-order valence-corrected chi connectivity index (χ1v) is 6.33. The summed E-state index contributed by atoms with van der Waals surface area (Å²) in [6, 6.07) is 6.07. The zero-order chi connectivity index (χ0) is 14.8. The maximum atomic E-state index is 10.7. The number of anilines is 1. The van der Waals surface area contributed by atoms with Crippen molar-refractivity contribution in [2.75, 3.05) is 5.32 Å². The summed E-state index contributed by atoms with van der Waals surface area (Å²) in [6.45, 7) is 0.572. The molecule has 0 saturated heterocycles. The lowest BCUT2D eigenvalue weighted by molar-refractivity contribution is 0.0690. The van der Waals surface area contributed by atoms with Gasteiger partial charge in [0.05, 0.1) is 24.1 Å². The Bertz CT molecular complexity index is 795. The predicted molar refractivity (Wildman–Crippen MR) is 77.0 cm³/mol. The molecule has 0 radical (unpaired) electrons. The molecular formula is C14H13N5O2. The molecule has 7 heteroatoms. The highest BCUT2D eigenvalue weighted by Crippen LogP contribution is 2.15. The second-order valence-electron chi connectivity index (χ2n) is 4.61. The molecule has 0 unspecified atom stereocenters. The van der Waals surface area contributed by atoms with Crippen LogP contribution in [0.15, 0.2) is 36.8 Å². The first-order valence-electron chi connectivity index (χ1n) is 6.33. The van der Waals surface area contributed by atoms with Crippen LogP contribution in [-0.4, -0.2) is 30.8 Å². The highest BCUT2D eigenvalue weighted by atomic mass is 16.4. The fraction of sp³-hybridized carbons (Fsp3) is 0.143. The number of aromatic carboxylic acids is 1. The number of carboxylic acid groups (broad SMARTS) is 1. The lowest BCUT2D eigenvalue weighted by Crippen LogP contribution is -2.05. The summed E-state index contributed by atoms with van der Waals surface area (Å²) in [5.74, 6) is -0.555. The molecular weight excluding hydrogens is 270 g/mol. The van der Waals surface area contributed by atoms with Crippen LogP contribution in [0.4, 0.5) is 5.82 Å². The minimum absolute atomic E-state index is 0.0724. The third-order valence-corrected chi connectivity index (χ3v) is 3.16. The summed E-state index contributed by atoms with van der Waals surface area (Å²) in [4.78, 5) is 18.5. The standard InChI is InChI=1S/C14H13N5O2/c1-19-12-4-9(2-3-10(12)6-18-19)5-16-13-8-15-11(7-17-13)14(20)21/h2-4,6-8H,5H2,1H3,(H,16,17)(H,20,21). The minimum atomic E-state index is -1.09. The van der Waals surface area contributed by atoms with Crippen LogP contribution in [0.1, 0.15) is 16.1 Å². The van der Waals surface area contributed by atoms with Crippen LogP contribution < -0.4 is 5.32 Å². The number of nitrogens with one attached hydrogen (secondary N) is 1. The van der Waals surface area contributed by atoms with Crippen molar-refractivity contribution in [2.45, 2.75) is 6.54 Å². The van der Waals surface area contributed by atoms with Gasteiger partial charge >= 0.3 is 5.97 Å². The first kappa shape index (κ1) is 13.0. The van der Waals surface area contributed by atoms with Crippen molar-refractivity contribution < 1.29 is 9.90 Å². The number of aryl methyl sites for hydroxylation is 1. The maximum Gasteiger partial charge on any atom is 0.356 e. The summed E-state index contributed by atoms with van der Waals surface area (Å²) in [6.07, 6.45) is 4.46. The van der Waals surface area contributed by atoms with Gasteiger partial charge in [0, 0.05) is 19.0 Å². The van der Waals surface area contributed by atoms with Gasteiger partial charge in [-0.25, -0.2) is 14.8 Å². The lowest BCUT2D eigenvalue weighted by atomic mass is 10.1. The van der Waals surface area contributed by atoms with E-state index in [0.29, 0.717) is 12.4 Å². The highest BCUT2D eigenvalue weighted by Gasteiger charge is 2.05. The number of benzene rings is 1. The van der Waals surface area contributed by atoms with E-state index in [-0.39, 0.29) is 5.69 Å². The molecule has 2 aromatic heterocycles. The first-order chi connectivity index (χ1) is 10.1. The van der Waals surface area contributed by atoms with Crippen LogP contribution in [0.25, 0.3) is 10.9 Å². The Morgan fingerprint density at radius 3 is 2.86 bits per heavy atom. The van der Waals surface area contributed by atoms with Gasteiger partial charge in [0.15, 0.2) is 5.69 Å². The van der Waals surface area contributed by atoms with Gasteiger partial charge in [-0.1, -0.05) is 12.1 Å². The summed E-state index contributed by atoms with van der Waals surface area (Å²) < 4.78 is 1.82. The van der Waals surface area contributed by atoms with Crippen LogP contribution in [0, 0.1) is 0 Å². The third-order valence-electron chi connectivity index (χ3n) is 3.16. The Balaban J connectivity index is 1.73. The van der Waals surface area contributed by atoms with Gasteiger partial charge in [-0.15, -0.1) is 0 Å². The lowest BCUT2D eigenvalue weighted by Gasteiger charge is -2.06. The Morgan fingerprint density at radius 2 is 2.14 bits per heavy atom. The normalized spacial score (nSPS) is 10.7. The molecule has 0 aliphatic heterocycles. The quantitative estimate of drug-likeness (QED) is 0.756. The van der Waals surface area contributed by atoms with Crippen LogP contribution in [-0.2, 0) is 13.6 Å². The number of nitrogens with zero attached hydrogens (tertiary/aromatic N) is 4. The fourth-order valence-corrected chi connectivity index (χ4v) is 2.02. The van der Waals surface area contributed by atoms with Gasteiger partial charge in [-0.2, -0.15) is 5.10 Å². The molecule has 2 heterocycles. The Kier molecular flexibility index (Phi) is 3.23. The largest absolute Gasteiger partial charge is 0.476 e. The van der Waals surface area contributed by atoms with Crippen LogP contribution in [0.3, 0.4) is 0 Å². The molecule has 106 valence electrons. The summed E-state index contributed by atoms with van der Waals surface area (Å²) in [5.41, 5.74) is 2.06. The number of hydrogen-bond acceptors (Lipinski definition) is 5. The van der Waals surface area contributed by atoms with Crippen LogP contribution in [0.2, 0.25) is 0 Å². The van der Waals surface area contributed by atoms with E-state index >= 15 is 0 Å². The zero-order valence-corrected chi connectivity index (χ0v) is 11.3. The van der Waals surface area contributed by atoms with Gasteiger partial charge in [-0.05, 0) is 11.6 Å². The summed E-state index contributed by atoms with van der Waals surface area (Å²) in [5, 5.41) is 17.2. The van der Waals surface area contributed by atoms with Gasteiger partial charge in [-0.3, -0.25) is 4.68 Å². The van der Waals surface area contributed by atoms with Gasteiger partial charge < -0.3 is 10.4 Å². The van der Waals surface area contributed by atoms with Crippen molar-refractivity contribution >= 4 is 22.7 Å². The Labute approximate surface area is 120 Å². The van der Waals surface area contributed by atoms with Crippen molar-refractivity contribution in [3.05, 3.63) is 48.0 Å². The van der Waals surface area contributed by atoms with E-state index in [2.05, 4.69) is 20.4 Å². The molecule has 0 aliphatic rings. The van der Waals surface area contributed by atoms with Crippen molar-refractivity contribution in [2.24, 2.45) is 7.05 Å². The predicted octanol–water partition coefficient (Wildman–Crippen LogP) is 1.67. The van der Waals surface area contributed by atoms with E-state index in [9.17, 15) is 4.79 Å². The number of fused-ring (bicyclic) bond motifs is 1. The molecule has 21 heavy (non-hydrogen) atoms. The Morgan fingerprint density at radius 1 is 1.29 bits per heavy atom. The van der Waals surface area contributed by atoms with Gasteiger partial charge in [0.1, 0.15) is 5.82 Å². The minimum Gasteiger partial charge on any atom is -0.476 e. The smallest absolute Gasteiger partial charge is 0.356 e. The molecule has 0 amide bonds. The van der Waals surface area contributed by atoms with E-state index in [4.69, 9.17) is 5.11 Å². The molecule has 3 rings (SSSR count). The molecule has 3 aromatic rings. The van der Waals surface area contributed by atoms with Gasteiger partial charge in [0.2, 0.25) is 0 Å². The molecule has 0 saturated carbocycles. The molecule has 0 fully saturated rings. The molecule has 0 spiro atoms. The number of rotatable bonds is 4. The molecule has 0 atom stereocenters. The van der Waals surface area contributed by atoms with Crippen LogP contribution in [0.5, 0.6) is 0 Å². The highest BCUT2D eigenvalue weighted by molar-refractivity contribution is 5.84. The van der Waals surface area contributed by atoms with E-state index in [1.165, 1.54) is 12.4 Å². The summed E-state index contributed by atoms with van der Waals surface area (Å²) in [7, 11) is 1.90. The average Bonchev–Trinajstić information content (AvgIpc) is 2.87. The van der Waals surface area contributed by atoms with E-state index in [1.807, 2.05) is 36.1 Å². The molecule has 1 aromatic carbocycles. The number of carbonyl (C=O) groups is 1. The van der Waals surface area contributed by atoms with Crippen molar-refractivity contribution in [3.8, 4) is 0 Å². The van der Waals surface area contributed by atoms with Gasteiger partial charge in [0.25, 0.3) is 0 Å². The molecule has 0 aliphatic carbocycles. The molecule has 7 nitrogen and oxygen atoms in total. The molecule has 0 bridgehead atoms. The van der Waals surface area contributed by atoms with Crippen molar-refractivity contribution in [3.63, 3.8) is 0 Å². The molecule has 2 N–H and O–H groups in total. The summed E-state index contributed by atoms with van der Waals surface area (Å²) >= 11 is 0. The van der Waals surface area contributed by atoms with E-state index < -0.39 is 5.97 Å². The zero-order valence-electron chi connectivity index (χ0n) is 11.3. The number of hydrogen-bond donors (Lipinski definition) is 2. The maximum absolute atomic E-state index is 10.7. The van der Waals surface area contributed by atoms with E-state index in [1.54, 1.807) is 0 Å². The average molecular weight is 283 g/mol. The monoisotopic (exact) mass is 283 g/mol. The van der Waals surface area contributed by atoms with Crippen LogP contribution >= 0.6 is 0 Å². The third kappa shape index (κ3) is 2.66. The SMILES string of the molecule is Cn1ncc2ccc(CNc3cnc(C(=O)O)cn3)cc21. The van der Waals surface area contributed by atoms with E-state index in [0.717, 1.165) is 16.5 Å². The Hall–Kier alpha value is -2.96. The second-order valence-corrected chi connectivity index (χ2v) is 4.61. The van der Waals surface area contributed by atoms with Crippen molar-refractivity contribution in [1.29, 1.82) is 0 Å². The fourth-order valence-electron chi connectivity index (χ4n) is 2.02.